The van der Waals surface area contributed by atoms with Gasteiger partial charge in [-0.25, -0.2) is 12.7 Å². The highest BCUT2D eigenvalue weighted by molar-refractivity contribution is 14.0. The number of halogens is 1. The van der Waals surface area contributed by atoms with E-state index in [0.717, 1.165) is 31.9 Å². The highest BCUT2D eigenvalue weighted by Gasteiger charge is 2.27. The fourth-order valence-electron chi connectivity index (χ4n) is 2.72. The number of hydrogen-bond donors (Lipinski definition) is 2. The number of rotatable bonds is 10. The molecule has 1 aliphatic heterocycles. The van der Waals surface area contributed by atoms with Gasteiger partial charge in [0, 0.05) is 32.7 Å². The first-order valence-electron chi connectivity index (χ1n) is 9.03. The minimum Gasteiger partial charge on any atom is -0.357 e. The van der Waals surface area contributed by atoms with Crippen molar-refractivity contribution in [3.8, 4) is 0 Å². The summed E-state index contributed by atoms with van der Waals surface area (Å²) in [5.41, 5.74) is 0. The quantitative estimate of drug-likeness (QED) is 0.290. The predicted octanol–water partition coefficient (Wildman–Crippen LogP) is 2.41. The smallest absolute Gasteiger partial charge is 0.214 e. The number of unbranched alkanes of at least 4 members (excludes halogenated alkanes) is 1. The maximum Gasteiger partial charge on any atom is 0.214 e. The van der Waals surface area contributed by atoms with Gasteiger partial charge in [-0.05, 0) is 25.7 Å². The van der Waals surface area contributed by atoms with Crippen LogP contribution in [0.3, 0.4) is 0 Å². The second-order valence-electron chi connectivity index (χ2n) is 6.13. The summed E-state index contributed by atoms with van der Waals surface area (Å²) < 4.78 is 25.1. The van der Waals surface area contributed by atoms with Crippen molar-refractivity contribution in [3.63, 3.8) is 0 Å². The lowest BCUT2D eigenvalue weighted by molar-refractivity contribution is 0.443. The number of hydrogen-bond acceptors (Lipinski definition) is 3. The van der Waals surface area contributed by atoms with Gasteiger partial charge in [0.15, 0.2) is 5.96 Å². The van der Waals surface area contributed by atoms with E-state index >= 15 is 0 Å². The Labute approximate surface area is 165 Å². The molecule has 0 saturated carbocycles. The third kappa shape index (κ3) is 8.84. The molecule has 144 valence electrons. The average molecular weight is 474 g/mol. The minimum atomic E-state index is -3.00. The maximum atomic E-state index is 11.8. The van der Waals surface area contributed by atoms with Crippen molar-refractivity contribution in [3.05, 3.63) is 0 Å². The van der Waals surface area contributed by atoms with Crippen LogP contribution >= 0.6 is 24.0 Å². The summed E-state index contributed by atoms with van der Waals surface area (Å²) in [4.78, 5) is 4.66. The van der Waals surface area contributed by atoms with Gasteiger partial charge < -0.3 is 10.6 Å². The van der Waals surface area contributed by atoms with E-state index in [1.807, 2.05) is 6.92 Å². The Kier molecular flexibility index (Phi) is 13.1. The number of nitrogens with zero attached hydrogens (tertiary/aromatic N) is 2. The van der Waals surface area contributed by atoms with Crippen LogP contribution in [0.1, 0.15) is 52.9 Å². The summed E-state index contributed by atoms with van der Waals surface area (Å²) in [6.07, 6.45) is 5.59. The molecule has 0 bridgehead atoms. The Hall–Kier alpha value is -0.0900. The molecule has 0 aliphatic carbocycles. The molecule has 1 aliphatic rings. The molecule has 0 spiro atoms. The molecule has 1 heterocycles. The zero-order chi connectivity index (χ0) is 17.1. The Morgan fingerprint density at radius 1 is 1.25 bits per heavy atom. The van der Waals surface area contributed by atoms with Gasteiger partial charge >= 0.3 is 0 Å². The third-order valence-electron chi connectivity index (χ3n) is 4.25. The SMILES string of the molecule is CCCCC(CC)CN=C(NCC)NCCN1CCCS1(=O)=O.I. The zero-order valence-electron chi connectivity index (χ0n) is 15.4. The van der Waals surface area contributed by atoms with E-state index in [4.69, 9.17) is 0 Å². The van der Waals surface area contributed by atoms with Crippen molar-refractivity contribution in [2.45, 2.75) is 52.9 Å². The molecule has 6 nitrogen and oxygen atoms in total. The normalized spacial score (nSPS) is 18.9. The number of nitrogens with one attached hydrogen (secondary N) is 2. The third-order valence-corrected chi connectivity index (χ3v) is 6.21. The van der Waals surface area contributed by atoms with Crippen molar-refractivity contribution in [2.24, 2.45) is 10.9 Å². The van der Waals surface area contributed by atoms with Gasteiger partial charge in [0.25, 0.3) is 0 Å². The first-order valence-corrected chi connectivity index (χ1v) is 10.6. The Morgan fingerprint density at radius 3 is 2.54 bits per heavy atom. The van der Waals surface area contributed by atoms with Crippen LogP contribution in [0.15, 0.2) is 4.99 Å². The second kappa shape index (κ2) is 13.2. The standard InChI is InChI=1S/C16H34N4O2S.HI/c1-4-7-9-15(5-2)14-19-16(17-6-3)18-10-12-20-11-8-13-23(20,21)22;/h15H,4-14H2,1-3H3,(H2,17,18,19);1H. The van der Waals surface area contributed by atoms with Crippen molar-refractivity contribution in [2.75, 3.05) is 38.5 Å². The van der Waals surface area contributed by atoms with Gasteiger partial charge in [0.1, 0.15) is 0 Å². The molecular formula is C16H35IN4O2S. The molecule has 0 aromatic rings. The van der Waals surface area contributed by atoms with E-state index in [1.165, 1.54) is 19.3 Å². The van der Waals surface area contributed by atoms with E-state index in [1.54, 1.807) is 4.31 Å². The molecule has 0 radical (unpaired) electrons. The van der Waals surface area contributed by atoms with Crippen molar-refractivity contribution in [1.29, 1.82) is 0 Å². The van der Waals surface area contributed by atoms with Crippen molar-refractivity contribution < 1.29 is 8.42 Å². The summed E-state index contributed by atoms with van der Waals surface area (Å²) in [6, 6.07) is 0. The Balaban J connectivity index is 0.00000529. The van der Waals surface area contributed by atoms with Gasteiger partial charge in [-0.1, -0.05) is 33.1 Å². The highest BCUT2D eigenvalue weighted by Crippen LogP contribution is 2.13. The maximum absolute atomic E-state index is 11.8. The lowest BCUT2D eigenvalue weighted by Crippen LogP contribution is -2.42. The summed E-state index contributed by atoms with van der Waals surface area (Å²) in [5.74, 6) is 1.71. The fraction of sp³-hybridized carbons (Fsp3) is 0.938. The first-order chi connectivity index (χ1) is 11.0. The summed E-state index contributed by atoms with van der Waals surface area (Å²) in [6.45, 7) is 9.86. The molecular weight excluding hydrogens is 439 g/mol. The van der Waals surface area contributed by atoms with Gasteiger partial charge in [0.05, 0.1) is 5.75 Å². The number of sulfonamides is 1. The summed E-state index contributed by atoms with van der Waals surface area (Å²) in [5, 5.41) is 6.49. The number of aliphatic imine (C=N–C) groups is 1. The Morgan fingerprint density at radius 2 is 2.00 bits per heavy atom. The summed E-state index contributed by atoms with van der Waals surface area (Å²) in [7, 11) is -3.00. The van der Waals surface area contributed by atoms with E-state index < -0.39 is 10.0 Å². The second-order valence-corrected chi connectivity index (χ2v) is 8.22. The van der Waals surface area contributed by atoms with Crippen LogP contribution in [-0.4, -0.2) is 57.2 Å². The molecule has 0 aromatic heterocycles. The van der Waals surface area contributed by atoms with Crippen molar-refractivity contribution in [1.82, 2.24) is 14.9 Å². The largest absolute Gasteiger partial charge is 0.357 e. The van der Waals surface area contributed by atoms with Crippen LogP contribution in [0.25, 0.3) is 0 Å². The van der Waals surface area contributed by atoms with Crippen LogP contribution in [-0.2, 0) is 10.0 Å². The number of guanidine groups is 1. The van der Waals surface area contributed by atoms with Crippen molar-refractivity contribution >= 4 is 40.0 Å². The molecule has 2 N–H and O–H groups in total. The first kappa shape index (κ1) is 23.9. The molecule has 0 aromatic carbocycles. The molecule has 1 atom stereocenters. The molecule has 1 rings (SSSR count). The topological polar surface area (TPSA) is 73.8 Å². The summed E-state index contributed by atoms with van der Waals surface area (Å²) >= 11 is 0. The fourth-order valence-corrected chi connectivity index (χ4v) is 4.25. The van der Waals surface area contributed by atoms with Gasteiger partial charge in [-0.2, -0.15) is 0 Å². The van der Waals surface area contributed by atoms with Crippen LogP contribution in [0.2, 0.25) is 0 Å². The van der Waals surface area contributed by atoms with Crippen LogP contribution in [0, 0.1) is 5.92 Å². The molecule has 1 fully saturated rings. The lowest BCUT2D eigenvalue weighted by Gasteiger charge is -2.17. The highest BCUT2D eigenvalue weighted by atomic mass is 127. The molecule has 1 saturated heterocycles. The molecule has 1 unspecified atom stereocenters. The lowest BCUT2D eigenvalue weighted by atomic mass is 10.00. The monoisotopic (exact) mass is 474 g/mol. The van der Waals surface area contributed by atoms with E-state index in [9.17, 15) is 8.42 Å². The predicted molar refractivity (Wildman–Crippen MR) is 113 cm³/mol. The zero-order valence-corrected chi connectivity index (χ0v) is 18.5. The van der Waals surface area contributed by atoms with Gasteiger partial charge in [-0.3, -0.25) is 4.99 Å². The minimum absolute atomic E-state index is 0. The van der Waals surface area contributed by atoms with E-state index in [0.29, 0.717) is 25.6 Å². The van der Waals surface area contributed by atoms with Gasteiger partial charge in [0.2, 0.25) is 10.0 Å². The molecule has 0 amide bonds. The van der Waals surface area contributed by atoms with E-state index in [-0.39, 0.29) is 29.7 Å². The van der Waals surface area contributed by atoms with Crippen LogP contribution < -0.4 is 10.6 Å². The molecule has 8 heteroatoms. The molecule has 24 heavy (non-hydrogen) atoms. The van der Waals surface area contributed by atoms with Crippen LogP contribution in [0.5, 0.6) is 0 Å². The Bertz CT molecular complexity index is 457. The van der Waals surface area contributed by atoms with Gasteiger partial charge in [-0.15, -0.1) is 24.0 Å². The van der Waals surface area contributed by atoms with Crippen LogP contribution in [0.4, 0.5) is 0 Å². The average Bonchev–Trinajstić information content (AvgIpc) is 2.86. The van der Waals surface area contributed by atoms with E-state index in [2.05, 4.69) is 29.5 Å².